The van der Waals surface area contributed by atoms with Gasteiger partial charge in [0.05, 0.1) is 25.5 Å². The predicted octanol–water partition coefficient (Wildman–Crippen LogP) is 1.38. The highest BCUT2D eigenvalue weighted by Crippen LogP contribution is 2.23. The Bertz CT molecular complexity index is 463. The van der Waals surface area contributed by atoms with Crippen molar-refractivity contribution in [2.24, 2.45) is 16.8 Å². The predicted molar refractivity (Wildman–Crippen MR) is 95.6 cm³/mol. The number of aliphatic imine (C=N–C) groups is 1. The molecule has 23 heavy (non-hydrogen) atoms. The Morgan fingerprint density at radius 1 is 1.39 bits per heavy atom. The van der Waals surface area contributed by atoms with E-state index in [1.165, 1.54) is 19.1 Å². The van der Waals surface area contributed by atoms with E-state index in [4.69, 9.17) is 4.74 Å². The standard InChI is InChI=1S/C16H33N3O3S/c1-5-17-16(18-7-9-22-10-11-23(4,20)21)19-8-6-15(13-19)12-14(2)3/h14-15H,5-13H2,1-4H3,(H,17,18). The van der Waals surface area contributed by atoms with Gasteiger partial charge in [0.2, 0.25) is 0 Å². The number of likely N-dealkylation sites (tertiary alicyclic amines) is 1. The third-order valence-electron chi connectivity index (χ3n) is 3.82. The smallest absolute Gasteiger partial charge is 0.194 e. The summed E-state index contributed by atoms with van der Waals surface area (Å²) in [5.74, 6) is 2.51. The number of nitrogens with zero attached hydrogens (tertiary/aromatic N) is 2. The number of guanidine groups is 1. The van der Waals surface area contributed by atoms with Crippen molar-refractivity contribution < 1.29 is 13.2 Å². The Labute approximate surface area is 141 Å². The Morgan fingerprint density at radius 2 is 2.13 bits per heavy atom. The molecule has 1 fully saturated rings. The highest BCUT2D eigenvalue weighted by atomic mass is 32.2. The second-order valence-electron chi connectivity index (χ2n) is 6.71. The number of nitrogens with one attached hydrogen (secondary N) is 1. The quantitative estimate of drug-likeness (QED) is 0.388. The van der Waals surface area contributed by atoms with Gasteiger partial charge in [-0.05, 0) is 31.6 Å². The molecule has 1 N–H and O–H groups in total. The average Bonchev–Trinajstić information content (AvgIpc) is 2.87. The average molecular weight is 348 g/mol. The van der Waals surface area contributed by atoms with Crippen LogP contribution in [0.2, 0.25) is 0 Å². The molecule has 136 valence electrons. The lowest BCUT2D eigenvalue weighted by Gasteiger charge is -2.22. The van der Waals surface area contributed by atoms with Crippen molar-refractivity contribution in [3.63, 3.8) is 0 Å². The highest BCUT2D eigenvalue weighted by Gasteiger charge is 2.25. The van der Waals surface area contributed by atoms with Crippen LogP contribution in [0.3, 0.4) is 0 Å². The van der Waals surface area contributed by atoms with Crippen LogP contribution < -0.4 is 5.32 Å². The molecule has 0 bridgehead atoms. The SMILES string of the molecule is CCNC(=NCCOCCS(C)(=O)=O)N1CCC(CC(C)C)C1. The summed E-state index contributed by atoms with van der Waals surface area (Å²) >= 11 is 0. The van der Waals surface area contributed by atoms with Crippen molar-refractivity contribution in [2.75, 3.05) is 51.4 Å². The maximum absolute atomic E-state index is 11.0. The van der Waals surface area contributed by atoms with Crippen LogP contribution in [0.1, 0.15) is 33.6 Å². The lowest BCUT2D eigenvalue weighted by molar-refractivity contribution is 0.157. The van der Waals surface area contributed by atoms with Crippen molar-refractivity contribution in [3.8, 4) is 0 Å². The number of rotatable bonds is 9. The van der Waals surface area contributed by atoms with E-state index in [9.17, 15) is 8.42 Å². The van der Waals surface area contributed by atoms with Crippen molar-refractivity contribution in [1.82, 2.24) is 10.2 Å². The molecule has 1 atom stereocenters. The lowest BCUT2D eigenvalue weighted by Crippen LogP contribution is -2.40. The van der Waals surface area contributed by atoms with Crippen molar-refractivity contribution >= 4 is 15.8 Å². The van der Waals surface area contributed by atoms with Gasteiger partial charge in [0.1, 0.15) is 9.84 Å². The van der Waals surface area contributed by atoms with E-state index in [2.05, 4.69) is 36.0 Å². The van der Waals surface area contributed by atoms with Gasteiger partial charge in [0, 0.05) is 25.9 Å². The third-order valence-corrected chi connectivity index (χ3v) is 4.73. The monoisotopic (exact) mass is 347 g/mol. The van der Waals surface area contributed by atoms with Crippen LogP contribution in [-0.4, -0.2) is 70.7 Å². The summed E-state index contributed by atoms with van der Waals surface area (Å²) in [6, 6.07) is 0. The Kier molecular flexibility index (Phi) is 8.91. The van der Waals surface area contributed by atoms with Crippen molar-refractivity contribution in [1.29, 1.82) is 0 Å². The zero-order valence-corrected chi connectivity index (χ0v) is 15.9. The minimum absolute atomic E-state index is 0.0692. The first-order chi connectivity index (χ1) is 10.8. The van der Waals surface area contributed by atoms with E-state index in [0.29, 0.717) is 13.2 Å². The fourth-order valence-corrected chi connectivity index (χ4v) is 3.26. The van der Waals surface area contributed by atoms with Gasteiger partial charge in [-0.3, -0.25) is 4.99 Å². The molecule has 0 spiro atoms. The lowest BCUT2D eigenvalue weighted by atomic mass is 9.97. The van der Waals surface area contributed by atoms with Crippen molar-refractivity contribution in [3.05, 3.63) is 0 Å². The van der Waals surface area contributed by atoms with E-state index in [-0.39, 0.29) is 12.4 Å². The van der Waals surface area contributed by atoms with Crippen LogP contribution in [0.5, 0.6) is 0 Å². The fourth-order valence-electron chi connectivity index (χ4n) is 2.84. The molecule has 1 unspecified atom stereocenters. The molecule has 1 heterocycles. The molecule has 6 nitrogen and oxygen atoms in total. The second-order valence-corrected chi connectivity index (χ2v) is 8.97. The highest BCUT2D eigenvalue weighted by molar-refractivity contribution is 7.90. The number of sulfone groups is 1. The summed E-state index contributed by atoms with van der Waals surface area (Å²) in [7, 11) is -2.95. The van der Waals surface area contributed by atoms with E-state index >= 15 is 0 Å². The molecular formula is C16H33N3O3S. The maximum Gasteiger partial charge on any atom is 0.194 e. The zero-order chi connectivity index (χ0) is 17.3. The fraction of sp³-hybridized carbons (Fsp3) is 0.938. The second kappa shape index (κ2) is 10.1. The van der Waals surface area contributed by atoms with Gasteiger partial charge >= 0.3 is 0 Å². The van der Waals surface area contributed by atoms with Gasteiger partial charge in [-0.15, -0.1) is 0 Å². The Balaban J connectivity index is 2.36. The van der Waals surface area contributed by atoms with E-state index < -0.39 is 9.84 Å². The molecule has 7 heteroatoms. The van der Waals surface area contributed by atoms with Gasteiger partial charge in [0.15, 0.2) is 5.96 Å². The van der Waals surface area contributed by atoms with Crippen LogP contribution in [0, 0.1) is 11.8 Å². The van der Waals surface area contributed by atoms with Gasteiger partial charge < -0.3 is 15.0 Å². The van der Waals surface area contributed by atoms with Crippen LogP contribution in [0.15, 0.2) is 4.99 Å². The molecular weight excluding hydrogens is 314 g/mol. The summed E-state index contributed by atoms with van der Waals surface area (Å²) in [5.41, 5.74) is 0. The van der Waals surface area contributed by atoms with Crippen LogP contribution in [-0.2, 0) is 14.6 Å². The molecule has 0 amide bonds. The summed E-state index contributed by atoms with van der Waals surface area (Å²) < 4.78 is 27.4. The number of hydrogen-bond donors (Lipinski definition) is 1. The molecule has 1 rings (SSSR count). The first kappa shape index (κ1) is 20.2. The molecule has 0 aromatic rings. The third kappa shape index (κ3) is 9.15. The number of ether oxygens (including phenoxy) is 1. The van der Waals surface area contributed by atoms with Crippen LogP contribution in [0.25, 0.3) is 0 Å². The molecule has 1 aliphatic rings. The van der Waals surface area contributed by atoms with Gasteiger partial charge in [-0.1, -0.05) is 13.8 Å². The van der Waals surface area contributed by atoms with Crippen molar-refractivity contribution in [2.45, 2.75) is 33.6 Å². The summed E-state index contributed by atoms with van der Waals surface area (Å²) in [6.45, 7) is 10.8. The van der Waals surface area contributed by atoms with Gasteiger partial charge in [0.25, 0.3) is 0 Å². The van der Waals surface area contributed by atoms with E-state index in [1.54, 1.807) is 0 Å². The molecule has 0 aliphatic carbocycles. The number of hydrogen-bond acceptors (Lipinski definition) is 4. The Morgan fingerprint density at radius 3 is 2.74 bits per heavy atom. The first-order valence-corrected chi connectivity index (χ1v) is 10.7. The largest absolute Gasteiger partial charge is 0.378 e. The Hall–Kier alpha value is -0.820. The van der Waals surface area contributed by atoms with Gasteiger partial charge in [-0.2, -0.15) is 0 Å². The maximum atomic E-state index is 11.0. The molecule has 1 saturated heterocycles. The molecule has 0 aromatic heterocycles. The summed E-state index contributed by atoms with van der Waals surface area (Å²) in [6.07, 6.45) is 3.72. The normalized spacial score (nSPS) is 19.6. The molecule has 0 radical (unpaired) electrons. The molecule has 1 aliphatic heterocycles. The minimum Gasteiger partial charge on any atom is -0.378 e. The zero-order valence-electron chi connectivity index (χ0n) is 15.0. The van der Waals surface area contributed by atoms with E-state index in [1.807, 2.05) is 0 Å². The summed E-state index contributed by atoms with van der Waals surface area (Å²) in [5, 5.41) is 3.34. The topological polar surface area (TPSA) is 71.0 Å². The minimum atomic E-state index is -2.95. The van der Waals surface area contributed by atoms with E-state index in [0.717, 1.165) is 37.4 Å². The first-order valence-electron chi connectivity index (χ1n) is 8.60. The van der Waals surface area contributed by atoms with Crippen LogP contribution in [0.4, 0.5) is 0 Å². The molecule has 0 saturated carbocycles. The summed E-state index contributed by atoms with van der Waals surface area (Å²) in [4.78, 5) is 6.93. The molecule has 0 aromatic carbocycles. The van der Waals surface area contributed by atoms with Gasteiger partial charge in [-0.25, -0.2) is 8.42 Å². The van der Waals surface area contributed by atoms with Crippen LogP contribution >= 0.6 is 0 Å².